The van der Waals surface area contributed by atoms with Gasteiger partial charge < -0.3 is 14.4 Å². The van der Waals surface area contributed by atoms with Crippen molar-refractivity contribution in [2.75, 3.05) is 26.8 Å². The molecular weight excluding hydrogens is 282 g/mol. The van der Waals surface area contributed by atoms with Crippen molar-refractivity contribution in [2.24, 2.45) is 5.92 Å². The molecule has 0 aliphatic rings. The lowest BCUT2D eigenvalue weighted by Gasteiger charge is -2.20. The standard InChI is InChI=1S/C17H25NO4/c1-4-21-16(19)15(17(20)22-5-2)11-12-18(3)13-14-9-7-6-8-10-14/h6-10,15H,4-5,11-13H2,1-3H3. The van der Waals surface area contributed by atoms with Gasteiger partial charge in [0.05, 0.1) is 13.2 Å². The molecule has 1 aromatic rings. The van der Waals surface area contributed by atoms with E-state index in [1.807, 2.05) is 37.4 Å². The fourth-order valence-electron chi connectivity index (χ4n) is 2.14. The highest BCUT2D eigenvalue weighted by Gasteiger charge is 2.29. The topological polar surface area (TPSA) is 55.8 Å². The first-order valence-electron chi connectivity index (χ1n) is 7.64. The summed E-state index contributed by atoms with van der Waals surface area (Å²) in [4.78, 5) is 25.8. The van der Waals surface area contributed by atoms with Crippen LogP contribution >= 0.6 is 0 Å². The van der Waals surface area contributed by atoms with Crippen LogP contribution in [0.1, 0.15) is 25.8 Å². The van der Waals surface area contributed by atoms with Crippen LogP contribution in [0.5, 0.6) is 0 Å². The van der Waals surface area contributed by atoms with E-state index in [2.05, 4.69) is 4.90 Å². The van der Waals surface area contributed by atoms with Crippen LogP contribution in [0, 0.1) is 5.92 Å². The Morgan fingerprint density at radius 1 is 1.05 bits per heavy atom. The summed E-state index contributed by atoms with van der Waals surface area (Å²) in [5.41, 5.74) is 1.19. The Labute approximate surface area is 132 Å². The van der Waals surface area contributed by atoms with Crippen molar-refractivity contribution in [3.63, 3.8) is 0 Å². The summed E-state index contributed by atoms with van der Waals surface area (Å²) in [6.45, 7) is 5.34. The number of nitrogens with zero attached hydrogens (tertiary/aromatic N) is 1. The van der Waals surface area contributed by atoms with Crippen LogP contribution < -0.4 is 0 Å². The molecule has 0 fully saturated rings. The van der Waals surface area contributed by atoms with Crippen molar-refractivity contribution >= 4 is 11.9 Å². The molecule has 0 spiro atoms. The summed E-state index contributed by atoms with van der Waals surface area (Å²) >= 11 is 0. The molecule has 5 heteroatoms. The highest BCUT2D eigenvalue weighted by molar-refractivity contribution is 5.94. The van der Waals surface area contributed by atoms with Crippen LogP contribution in [0.4, 0.5) is 0 Å². The first kappa shape index (κ1) is 18.2. The highest BCUT2D eigenvalue weighted by atomic mass is 16.6. The molecule has 0 aromatic heterocycles. The molecule has 0 aliphatic carbocycles. The van der Waals surface area contributed by atoms with Gasteiger partial charge in [0, 0.05) is 6.54 Å². The monoisotopic (exact) mass is 307 g/mol. The molecule has 1 rings (SSSR count). The number of esters is 2. The molecule has 1 aromatic carbocycles. The van der Waals surface area contributed by atoms with Gasteiger partial charge in [-0.25, -0.2) is 0 Å². The van der Waals surface area contributed by atoms with Gasteiger partial charge in [-0.1, -0.05) is 30.3 Å². The number of ether oxygens (including phenoxy) is 2. The lowest BCUT2D eigenvalue weighted by molar-refractivity contribution is -0.162. The van der Waals surface area contributed by atoms with E-state index in [0.29, 0.717) is 13.0 Å². The lowest BCUT2D eigenvalue weighted by atomic mass is 10.1. The number of rotatable bonds is 9. The number of carbonyl (C=O) groups excluding carboxylic acids is 2. The number of hydrogen-bond acceptors (Lipinski definition) is 5. The summed E-state index contributed by atoms with van der Waals surface area (Å²) in [5, 5.41) is 0. The molecule has 0 saturated carbocycles. The van der Waals surface area contributed by atoms with Gasteiger partial charge in [0.2, 0.25) is 0 Å². The second kappa shape index (κ2) is 9.95. The van der Waals surface area contributed by atoms with Gasteiger partial charge in [-0.3, -0.25) is 9.59 Å². The quantitative estimate of drug-likeness (QED) is 0.517. The van der Waals surface area contributed by atoms with E-state index in [9.17, 15) is 9.59 Å². The molecule has 122 valence electrons. The van der Waals surface area contributed by atoms with Gasteiger partial charge in [-0.15, -0.1) is 0 Å². The van der Waals surface area contributed by atoms with Gasteiger partial charge >= 0.3 is 11.9 Å². The maximum atomic E-state index is 11.9. The fraction of sp³-hybridized carbons (Fsp3) is 0.529. The molecule has 0 unspecified atom stereocenters. The Morgan fingerprint density at radius 2 is 1.59 bits per heavy atom. The number of benzene rings is 1. The molecular formula is C17H25NO4. The molecule has 0 bridgehead atoms. The molecule has 22 heavy (non-hydrogen) atoms. The van der Waals surface area contributed by atoms with E-state index in [4.69, 9.17) is 9.47 Å². The minimum absolute atomic E-state index is 0.259. The summed E-state index contributed by atoms with van der Waals surface area (Å²) in [6.07, 6.45) is 0.390. The average molecular weight is 307 g/mol. The van der Waals surface area contributed by atoms with Crippen molar-refractivity contribution < 1.29 is 19.1 Å². The van der Waals surface area contributed by atoms with E-state index >= 15 is 0 Å². The van der Waals surface area contributed by atoms with E-state index in [0.717, 1.165) is 6.54 Å². The molecule has 0 N–H and O–H groups in total. The Morgan fingerprint density at radius 3 is 2.09 bits per heavy atom. The molecule has 0 saturated heterocycles. The average Bonchev–Trinajstić information content (AvgIpc) is 2.49. The van der Waals surface area contributed by atoms with Crippen LogP contribution in [0.3, 0.4) is 0 Å². The maximum absolute atomic E-state index is 11.9. The van der Waals surface area contributed by atoms with Crippen molar-refractivity contribution in [1.82, 2.24) is 4.90 Å². The van der Waals surface area contributed by atoms with Crippen LogP contribution in [-0.4, -0.2) is 43.6 Å². The van der Waals surface area contributed by atoms with E-state index in [1.54, 1.807) is 13.8 Å². The predicted molar refractivity (Wildman–Crippen MR) is 84.1 cm³/mol. The molecule has 0 radical (unpaired) electrons. The zero-order valence-electron chi connectivity index (χ0n) is 13.6. The Hall–Kier alpha value is -1.88. The minimum atomic E-state index is -0.849. The third kappa shape index (κ3) is 6.26. The van der Waals surface area contributed by atoms with E-state index < -0.39 is 17.9 Å². The Kier molecular flexibility index (Phi) is 8.22. The van der Waals surface area contributed by atoms with Crippen LogP contribution in [0.15, 0.2) is 30.3 Å². The van der Waals surface area contributed by atoms with Gasteiger partial charge in [-0.2, -0.15) is 0 Å². The van der Waals surface area contributed by atoms with Gasteiger partial charge in [0.15, 0.2) is 5.92 Å². The molecule has 0 atom stereocenters. The van der Waals surface area contributed by atoms with E-state index in [-0.39, 0.29) is 13.2 Å². The zero-order chi connectivity index (χ0) is 16.4. The fourth-order valence-corrected chi connectivity index (χ4v) is 2.14. The third-order valence-corrected chi connectivity index (χ3v) is 3.24. The van der Waals surface area contributed by atoms with Crippen LogP contribution in [-0.2, 0) is 25.6 Å². The van der Waals surface area contributed by atoms with Crippen molar-refractivity contribution in [3.05, 3.63) is 35.9 Å². The number of carbonyl (C=O) groups is 2. The molecule has 5 nitrogen and oxygen atoms in total. The first-order chi connectivity index (χ1) is 10.6. The smallest absolute Gasteiger partial charge is 0.320 e. The lowest BCUT2D eigenvalue weighted by Crippen LogP contribution is -2.32. The maximum Gasteiger partial charge on any atom is 0.320 e. The summed E-state index contributed by atoms with van der Waals surface area (Å²) in [6, 6.07) is 10.0. The normalized spacial score (nSPS) is 10.8. The second-order valence-corrected chi connectivity index (χ2v) is 5.07. The molecule has 0 aliphatic heterocycles. The predicted octanol–water partition coefficient (Wildman–Crippen LogP) is 2.25. The third-order valence-electron chi connectivity index (χ3n) is 3.24. The van der Waals surface area contributed by atoms with Crippen molar-refractivity contribution in [2.45, 2.75) is 26.8 Å². The Balaban J connectivity index is 2.54. The summed E-state index contributed by atoms with van der Waals surface area (Å²) in [5.74, 6) is -1.86. The van der Waals surface area contributed by atoms with Gasteiger partial charge in [0.25, 0.3) is 0 Å². The SMILES string of the molecule is CCOC(=O)C(CCN(C)Cc1ccccc1)C(=O)OCC. The van der Waals surface area contributed by atoms with Crippen molar-refractivity contribution in [3.8, 4) is 0 Å². The van der Waals surface area contributed by atoms with Gasteiger partial charge in [0.1, 0.15) is 0 Å². The van der Waals surface area contributed by atoms with E-state index in [1.165, 1.54) is 5.56 Å². The highest BCUT2D eigenvalue weighted by Crippen LogP contribution is 2.11. The first-order valence-corrected chi connectivity index (χ1v) is 7.64. The zero-order valence-corrected chi connectivity index (χ0v) is 13.6. The second-order valence-electron chi connectivity index (χ2n) is 5.07. The van der Waals surface area contributed by atoms with Crippen LogP contribution in [0.2, 0.25) is 0 Å². The van der Waals surface area contributed by atoms with Gasteiger partial charge in [-0.05, 0) is 39.4 Å². The Bertz CT molecular complexity index is 443. The van der Waals surface area contributed by atoms with Crippen molar-refractivity contribution in [1.29, 1.82) is 0 Å². The largest absolute Gasteiger partial charge is 0.465 e. The minimum Gasteiger partial charge on any atom is -0.465 e. The summed E-state index contributed by atoms with van der Waals surface area (Å²) in [7, 11) is 1.96. The van der Waals surface area contributed by atoms with Crippen LogP contribution in [0.25, 0.3) is 0 Å². The molecule has 0 heterocycles. The summed E-state index contributed by atoms with van der Waals surface area (Å²) < 4.78 is 9.93. The molecule has 0 amide bonds. The number of hydrogen-bond donors (Lipinski definition) is 0.